The minimum absolute atomic E-state index is 0.500. The van der Waals surface area contributed by atoms with Crippen LogP contribution in [0.1, 0.15) is 0 Å². The zero-order valence-corrected chi connectivity index (χ0v) is 6.40. The van der Waals surface area contributed by atoms with Crippen LogP contribution >= 0.6 is 10.0 Å². The predicted molar refractivity (Wildman–Crippen MR) is 27.3 cm³/mol. The Labute approximate surface area is 48.1 Å². The molecule has 3 nitrogen and oxygen atoms in total. The number of hydrogen-bond donors (Lipinski definition) is 0. The Morgan fingerprint density at radius 2 is 1.83 bits per heavy atom. The highest BCUT2D eigenvalue weighted by Crippen LogP contribution is 1.39. The average Bonchev–Trinajstić information content (AvgIpc) is 1.41. The molecule has 0 atom stereocenters. The van der Waals surface area contributed by atoms with Gasteiger partial charge >= 0.3 is 15.4 Å². The second kappa shape index (κ2) is 8.97. The average molecular weight is 125 g/mol. The van der Waals surface area contributed by atoms with E-state index in [1.807, 2.05) is 0 Å². The third-order valence-electron chi connectivity index (χ3n) is 0. The quantitative estimate of drug-likeness (QED) is 0.253. The van der Waals surface area contributed by atoms with Crippen LogP contribution in [0.15, 0.2) is 0 Å². The van der Waals surface area contributed by atoms with Crippen molar-refractivity contribution < 1.29 is 4.92 Å². The van der Waals surface area contributed by atoms with Crippen LogP contribution in [0.5, 0.6) is 0 Å². The van der Waals surface area contributed by atoms with Crippen molar-refractivity contribution in [1.29, 1.82) is 0 Å². The standard InChI is InChI=1S/CH3NO2.Al.ClH.2H/c1-2(3)4;;;;/h1H3;;1H;;/q;+1;;;/p-1. The molecule has 0 spiro atoms. The summed E-state index contributed by atoms with van der Waals surface area (Å²) in [5, 5.41) is 8.81. The molecule has 0 rings (SSSR count). The lowest BCUT2D eigenvalue weighted by atomic mass is 11.5. The fourth-order valence-corrected chi connectivity index (χ4v) is 0. The third-order valence-corrected chi connectivity index (χ3v) is 0. The summed E-state index contributed by atoms with van der Waals surface area (Å²) < 4.78 is 0. The van der Waals surface area contributed by atoms with E-state index in [-0.39, 0.29) is 0 Å². The van der Waals surface area contributed by atoms with E-state index < -0.39 is 4.92 Å². The molecule has 0 saturated heterocycles. The van der Waals surface area contributed by atoms with Gasteiger partial charge in [0, 0.05) is 4.92 Å². The Bertz CT molecular complexity index is 36.5. The van der Waals surface area contributed by atoms with Gasteiger partial charge in [-0.25, -0.2) is 0 Å². The molecule has 0 bridgehead atoms. The van der Waals surface area contributed by atoms with Crippen molar-refractivity contribution in [3.63, 3.8) is 0 Å². The van der Waals surface area contributed by atoms with Gasteiger partial charge in [-0.2, -0.15) is 0 Å². The first-order valence-electron chi connectivity index (χ1n) is 1.19. The highest BCUT2D eigenvalue weighted by atomic mass is 35.6. The van der Waals surface area contributed by atoms with E-state index in [1.165, 1.54) is 0 Å². The van der Waals surface area contributed by atoms with Gasteiger partial charge in [0.2, 0.25) is 0 Å². The molecular weight excluding hydrogens is 120 g/mol. The van der Waals surface area contributed by atoms with Crippen molar-refractivity contribution in [2.45, 2.75) is 0 Å². The molecular formula is CH5AlClNO2. The molecule has 0 aliphatic heterocycles. The fourth-order valence-electron chi connectivity index (χ4n) is 0. The second-order valence-corrected chi connectivity index (χ2v) is 0.440. The first-order valence-corrected chi connectivity index (χ1v) is 4.21. The monoisotopic (exact) mass is 125 g/mol. The lowest BCUT2D eigenvalue weighted by Gasteiger charge is -1.63. The van der Waals surface area contributed by atoms with Crippen LogP contribution in [0.2, 0.25) is 0 Å². The van der Waals surface area contributed by atoms with E-state index in [1.54, 1.807) is 0 Å². The molecule has 0 radical (unpaired) electrons. The van der Waals surface area contributed by atoms with Crippen LogP contribution in [-0.4, -0.2) is 27.3 Å². The zero-order chi connectivity index (χ0) is 5.58. The molecule has 0 aliphatic carbocycles. The highest BCUT2D eigenvalue weighted by Gasteiger charge is 1.57. The number of nitrogens with zero attached hydrogens (tertiary/aromatic N) is 1. The van der Waals surface area contributed by atoms with Crippen molar-refractivity contribution in [3.8, 4) is 0 Å². The van der Waals surface area contributed by atoms with Crippen LogP contribution in [0.4, 0.5) is 0 Å². The highest BCUT2D eigenvalue weighted by molar-refractivity contribution is 6.80. The topological polar surface area (TPSA) is 43.1 Å². The molecule has 0 aromatic rings. The minimum Gasteiger partial charge on any atom is -0.273 e. The maximum Gasteiger partial charge on any atom is 0.353 e. The lowest BCUT2D eigenvalue weighted by molar-refractivity contribution is -0.445. The van der Waals surface area contributed by atoms with E-state index in [9.17, 15) is 0 Å². The van der Waals surface area contributed by atoms with Gasteiger partial charge in [-0.15, -0.1) is 0 Å². The maximum atomic E-state index is 8.81. The number of nitro groups is 1. The van der Waals surface area contributed by atoms with Gasteiger partial charge in [0.05, 0.1) is 0 Å². The van der Waals surface area contributed by atoms with Crippen molar-refractivity contribution in [1.82, 2.24) is 0 Å². The Morgan fingerprint density at radius 1 is 1.83 bits per heavy atom. The Hall–Kier alpha value is 0.222. The molecule has 0 aliphatic rings. The zero-order valence-electron chi connectivity index (χ0n) is 3.64. The SMILES string of the molecule is C[N+](=O)[O-].[AlH2][Cl]. The van der Waals surface area contributed by atoms with Gasteiger partial charge in [-0.1, -0.05) is 0 Å². The van der Waals surface area contributed by atoms with Gasteiger partial charge < -0.3 is 0 Å². The van der Waals surface area contributed by atoms with E-state index in [0.717, 1.165) is 22.4 Å². The van der Waals surface area contributed by atoms with Gasteiger partial charge in [-0.05, 0) is 0 Å². The second-order valence-electron chi connectivity index (χ2n) is 0.440. The van der Waals surface area contributed by atoms with Crippen LogP contribution in [0.25, 0.3) is 0 Å². The van der Waals surface area contributed by atoms with Crippen molar-refractivity contribution in [2.75, 3.05) is 7.05 Å². The largest absolute Gasteiger partial charge is 0.353 e. The molecule has 5 heteroatoms. The maximum absolute atomic E-state index is 8.81. The third kappa shape index (κ3) is 886. The van der Waals surface area contributed by atoms with E-state index >= 15 is 0 Å². The van der Waals surface area contributed by atoms with Crippen LogP contribution in [0.3, 0.4) is 0 Å². The number of rotatable bonds is 0. The summed E-state index contributed by atoms with van der Waals surface area (Å²) in [6.45, 7) is 0. The molecule has 6 heavy (non-hydrogen) atoms. The Morgan fingerprint density at radius 3 is 1.83 bits per heavy atom. The first kappa shape index (κ1) is 9.52. The number of halogens is 1. The van der Waals surface area contributed by atoms with Crippen molar-refractivity contribution >= 4 is 25.4 Å². The summed E-state index contributed by atoms with van der Waals surface area (Å²) in [7, 11) is 5.67. The normalized spacial score (nSPS) is 5.00. The molecule has 0 saturated carbocycles. The predicted octanol–water partition coefficient (Wildman–Crippen LogP) is -0.334. The van der Waals surface area contributed by atoms with Gasteiger partial charge in [0.25, 0.3) is 0 Å². The summed E-state index contributed by atoms with van der Waals surface area (Å²) in [5.74, 6) is 0. The Kier molecular flexibility index (Phi) is 14.2. The summed E-state index contributed by atoms with van der Waals surface area (Å²) >= 11 is 0.778. The number of hydrogen-bond acceptors (Lipinski definition) is 2. The van der Waals surface area contributed by atoms with Gasteiger partial charge in [0.1, 0.15) is 0 Å². The molecule has 0 aromatic carbocycles. The van der Waals surface area contributed by atoms with Crippen LogP contribution in [-0.2, 0) is 0 Å². The summed E-state index contributed by atoms with van der Waals surface area (Å²) in [4.78, 5) is 8.31. The van der Waals surface area contributed by atoms with Crippen LogP contribution < -0.4 is 0 Å². The van der Waals surface area contributed by atoms with E-state index in [0.29, 0.717) is 0 Å². The van der Waals surface area contributed by atoms with Crippen molar-refractivity contribution in [2.24, 2.45) is 0 Å². The summed E-state index contributed by atoms with van der Waals surface area (Å²) in [6.07, 6.45) is 0. The lowest BCUT2D eigenvalue weighted by Crippen LogP contribution is -1.79. The molecule has 0 aromatic heterocycles. The van der Waals surface area contributed by atoms with Crippen molar-refractivity contribution in [3.05, 3.63) is 10.1 Å². The molecule has 0 heterocycles. The van der Waals surface area contributed by atoms with E-state index in [4.69, 9.17) is 20.2 Å². The molecule has 0 fully saturated rings. The molecule has 36 valence electrons. The summed E-state index contributed by atoms with van der Waals surface area (Å²) in [6, 6.07) is 0. The smallest absolute Gasteiger partial charge is 0.273 e. The molecule has 0 unspecified atom stereocenters. The molecule has 0 amide bonds. The fraction of sp³-hybridized carbons (Fsp3) is 1.00. The van der Waals surface area contributed by atoms with E-state index in [2.05, 4.69) is 0 Å². The van der Waals surface area contributed by atoms with Gasteiger partial charge in [-0.3, -0.25) is 20.2 Å². The van der Waals surface area contributed by atoms with Crippen LogP contribution in [0, 0.1) is 10.1 Å². The minimum atomic E-state index is -0.500. The first-order chi connectivity index (χ1) is 2.73. The molecule has 0 N–H and O–H groups in total. The Balaban J connectivity index is 0. The summed E-state index contributed by atoms with van der Waals surface area (Å²) in [5.41, 5.74) is 0. The van der Waals surface area contributed by atoms with Gasteiger partial charge in [0.15, 0.2) is 7.05 Å².